The predicted octanol–water partition coefficient (Wildman–Crippen LogP) is 3.62. The quantitative estimate of drug-likeness (QED) is 0.522. The van der Waals surface area contributed by atoms with Crippen molar-refractivity contribution in [2.45, 2.75) is 51.3 Å². The molecular formula is C11H17F3O2. The lowest BCUT2D eigenvalue weighted by molar-refractivity contribution is -0.182. The van der Waals surface area contributed by atoms with E-state index in [1.165, 1.54) is 6.08 Å². The smallest absolute Gasteiger partial charge is 0.399 e. The first-order valence-electron chi connectivity index (χ1n) is 5.12. The molecule has 94 valence electrons. The Morgan fingerprint density at radius 2 is 2.00 bits per heavy atom. The highest BCUT2D eigenvalue weighted by molar-refractivity contribution is 5.70. The maximum Gasteiger partial charge on any atom is 0.399 e. The molecule has 0 amide bonds. The maximum absolute atomic E-state index is 11.9. The minimum absolute atomic E-state index is 0.352. The lowest BCUT2D eigenvalue weighted by Gasteiger charge is -2.28. The van der Waals surface area contributed by atoms with Crippen molar-refractivity contribution in [3.63, 3.8) is 0 Å². The van der Waals surface area contributed by atoms with Gasteiger partial charge >= 0.3 is 12.1 Å². The Morgan fingerprint density at radius 1 is 1.44 bits per heavy atom. The van der Waals surface area contributed by atoms with Crippen molar-refractivity contribution in [3.05, 3.63) is 12.7 Å². The SMILES string of the molecule is C=CCC(C)(CCC)OC(=O)CC(F)(F)F. The molecule has 0 heterocycles. The van der Waals surface area contributed by atoms with Gasteiger partial charge in [0.2, 0.25) is 0 Å². The van der Waals surface area contributed by atoms with E-state index in [0.29, 0.717) is 12.8 Å². The fourth-order valence-corrected chi connectivity index (χ4v) is 1.50. The van der Waals surface area contributed by atoms with Gasteiger partial charge in [-0.15, -0.1) is 6.58 Å². The Hall–Kier alpha value is -1.00. The van der Waals surface area contributed by atoms with Crippen molar-refractivity contribution in [3.8, 4) is 0 Å². The fraction of sp³-hybridized carbons (Fsp3) is 0.727. The molecule has 0 aromatic heterocycles. The summed E-state index contributed by atoms with van der Waals surface area (Å²) in [5, 5.41) is 0. The lowest BCUT2D eigenvalue weighted by atomic mass is 9.96. The molecule has 0 fully saturated rings. The average Bonchev–Trinajstić information content (AvgIpc) is 1.99. The van der Waals surface area contributed by atoms with Crippen LogP contribution < -0.4 is 0 Å². The van der Waals surface area contributed by atoms with Crippen LogP contribution >= 0.6 is 0 Å². The summed E-state index contributed by atoms with van der Waals surface area (Å²) in [7, 11) is 0. The van der Waals surface area contributed by atoms with Crippen LogP contribution in [0, 0.1) is 0 Å². The molecule has 0 aliphatic heterocycles. The lowest BCUT2D eigenvalue weighted by Crippen LogP contribution is -2.32. The molecule has 16 heavy (non-hydrogen) atoms. The van der Waals surface area contributed by atoms with Crippen LogP contribution in [0.25, 0.3) is 0 Å². The van der Waals surface area contributed by atoms with Crippen molar-refractivity contribution < 1.29 is 22.7 Å². The molecule has 2 nitrogen and oxygen atoms in total. The first kappa shape index (κ1) is 15.0. The molecule has 0 rings (SSSR count). The van der Waals surface area contributed by atoms with E-state index >= 15 is 0 Å². The summed E-state index contributed by atoms with van der Waals surface area (Å²) < 4.78 is 40.7. The minimum atomic E-state index is -4.52. The molecule has 0 aliphatic carbocycles. The van der Waals surface area contributed by atoms with E-state index in [1.54, 1.807) is 6.92 Å². The highest BCUT2D eigenvalue weighted by atomic mass is 19.4. The number of hydrogen-bond acceptors (Lipinski definition) is 2. The highest BCUT2D eigenvalue weighted by Crippen LogP contribution is 2.26. The van der Waals surface area contributed by atoms with E-state index in [-0.39, 0.29) is 0 Å². The normalized spacial score (nSPS) is 15.3. The number of alkyl halides is 3. The number of esters is 1. The molecule has 0 bridgehead atoms. The van der Waals surface area contributed by atoms with Crippen LogP contribution in [-0.2, 0) is 9.53 Å². The molecule has 0 saturated heterocycles. The zero-order valence-corrected chi connectivity index (χ0v) is 9.56. The van der Waals surface area contributed by atoms with E-state index in [9.17, 15) is 18.0 Å². The van der Waals surface area contributed by atoms with Gasteiger partial charge in [-0.2, -0.15) is 13.2 Å². The third-order valence-corrected chi connectivity index (χ3v) is 2.06. The van der Waals surface area contributed by atoms with E-state index in [4.69, 9.17) is 4.74 Å². The third-order valence-electron chi connectivity index (χ3n) is 2.06. The Balaban J connectivity index is 4.39. The van der Waals surface area contributed by atoms with Crippen molar-refractivity contribution in [2.24, 2.45) is 0 Å². The first-order chi connectivity index (χ1) is 7.22. The monoisotopic (exact) mass is 238 g/mol. The predicted molar refractivity (Wildman–Crippen MR) is 54.9 cm³/mol. The number of rotatable bonds is 6. The zero-order valence-electron chi connectivity index (χ0n) is 9.56. The molecule has 1 atom stereocenters. The fourth-order valence-electron chi connectivity index (χ4n) is 1.50. The van der Waals surface area contributed by atoms with Gasteiger partial charge in [-0.05, 0) is 13.3 Å². The van der Waals surface area contributed by atoms with Crippen LogP contribution in [0.1, 0.15) is 39.5 Å². The van der Waals surface area contributed by atoms with E-state index < -0.39 is 24.2 Å². The molecule has 0 aromatic rings. The molecule has 0 N–H and O–H groups in total. The summed E-state index contributed by atoms with van der Waals surface area (Å²) >= 11 is 0. The Morgan fingerprint density at radius 3 is 2.38 bits per heavy atom. The van der Waals surface area contributed by atoms with Crippen LogP contribution in [0.4, 0.5) is 13.2 Å². The van der Waals surface area contributed by atoms with Gasteiger partial charge in [0.05, 0.1) is 0 Å². The van der Waals surface area contributed by atoms with E-state index in [0.717, 1.165) is 6.42 Å². The van der Waals surface area contributed by atoms with Crippen LogP contribution in [0.2, 0.25) is 0 Å². The summed E-state index contributed by atoms with van der Waals surface area (Å²) in [6.07, 6.45) is -2.92. The molecule has 0 aliphatic rings. The van der Waals surface area contributed by atoms with Gasteiger partial charge in [0.1, 0.15) is 12.0 Å². The Kier molecular flexibility index (Phi) is 5.55. The molecule has 0 aromatic carbocycles. The van der Waals surface area contributed by atoms with Crippen molar-refractivity contribution >= 4 is 5.97 Å². The number of ether oxygens (including phenoxy) is 1. The number of halogens is 3. The molecule has 0 saturated carbocycles. The second-order valence-corrected chi connectivity index (χ2v) is 3.96. The first-order valence-corrected chi connectivity index (χ1v) is 5.12. The molecule has 0 spiro atoms. The van der Waals surface area contributed by atoms with Crippen LogP contribution in [0.3, 0.4) is 0 Å². The van der Waals surface area contributed by atoms with E-state index in [1.807, 2.05) is 6.92 Å². The summed E-state index contributed by atoms with van der Waals surface area (Å²) in [6.45, 7) is 6.99. The number of hydrogen-bond donors (Lipinski definition) is 0. The molecular weight excluding hydrogens is 221 g/mol. The molecule has 5 heteroatoms. The largest absolute Gasteiger partial charge is 0.459 e. The Bertz CT molecular complexity index is 248. The van der Waals surface area contributed by atoms with Gasteiger partial charge in [-0.1, -0.05) is 19.4 Å². The van der Waals surface area contributed by atoms with Gasteiger partial charge in [0, 0.05) is 6.42 Å². The standard InChI is InChI=1S/C11H17F3O2/c1-4-6-10(3,7-5-2)16-9(15)8-11(12,13)14/h4H,1,5-8H2,2-3H3. The number of carbonyl (C=O) groups is 1. The van der Waals surface area contributed by atoms with Crippen molar-refractivity contribution in [1.29, 1.82) is 0 Å². The minimum Gasteiger partial charge on any atom is -0.459 e. The third kappa shape index (κ3) is 6.48. The maximum atomic E-state index is 11.9. The van der Waals surface area contributed by atoms with Crippen LogP contribution in [0.15, 0.2) is 12.7 Å². The zero-order chi connectivity index (χ0) is 12.8. The summed E-state index contributed by atoms with van der Waals surface area (Å²) in [5.41, 5.74) is -0.876. The van der Waals surface area contributed by atoms with Gasteiger partial charge in [0.25, 0.3) is 0 Å². The topological polar surface area (TPSA) is 26.3 Å². The number of carbonyl (C=O) groups excluding carboxylic acids is 1. The Labute approximate surface area is 93.5 Å². The molecule has 1 unspecified atom stereocenters. The van der Waals surface area contributed by atoms with Crippen LogP contribution in [-0.4, -0.2) is 17.7 Å². The highest BCUT2D eigenvalue weighted by Gasteiger charge is 2.35. The second-order valence-electron chi connectivity index (χ2n) is 3.96. The second kappa shape index (κ2) is 5.92. The van der Waals surface area contributed by atoms with E-state index in [2.05, 4.69) is 6.58 Å². The molecule has 0 radical (unpaired) electrons. The van der Waals surface area contributed by atoms with Gasteiger partial charge in [0.15, 0.2) is 0 Å². The van der Waals surface area contributed by atoms with Crippen molar-refractivity contribution in [2.75, 3.05) is 0 Å². The summed E-state index contributed by atoms with van der Waals surface area (Å²) in [5.74, 6) is -1.23. The summed E-state index contributed by atoms with van der Waals surface area (Å²) in [6, 6.07) is 0. The average molecular weight is 238 g/mol. The summed E-state index contributed by atoms with van der Waals surface area (Å²) in [4.78, 5) is 11.0. The van der Waals surface area contributed by atoms with Crippen LogP contribution in [0.5, 0.6) is 0 Å². The van der Waals surface area contributed by atoms with Gasteiger partial charge in [-0.3, -0.25) is 4.79 Å². The van der Waals surface area contributed by atoms with Crippen molar-refractivity contribution in [1.82, 2.24) is 0 Å². The van der Waals surface area contributed by atoms with Gasteiger partial charge < -0.3 is 4.74 Å². The van der Waals surface area contributed by atoms with Gasteiger partial charge in [-0.25, -0.2) is 0 Å².